The summed E-state index contributed by atoms with van der Waals surface area (Å²) in [5.74, 6) is 0.000185. The van der Waals surface area contributed by atoms with Gasteiger partial charge in [0.2, 0.25) is 5.91 Å². The lowest BCUT2D eigenvalue weighted by atomic mass is 9.90. The molecule has 0 aliphatic heterocycles. The first-order valence-electron chi connectivity index (χ1n) is 6.36. The van der Waals surface area contributed by atoms with Gasteiger partial charge in [0.1, 0.15) is 0 Å². The van der Waals surface area contributed by atoms with E-state index in [1.54, 1.807) is 7.11 Å². The molecule has 100 valence electrons. The van der Waals surface area contributed by atoms with E-state index in [1.165, 1.54) is 6.42 Å². The van der Waals surface area contributed by atoms with E-state index < -0.39 is 6.04 Å². The molecule has 3 N–H and O–H groups in total. The highest BCUT2D eigenvalue weighted by Gasteiger charge is 2.30. The molecule has 1 amide bonds. The Balaban J connectivity index is 2.45. The van der Waals surface area contributed by atoms with Crippen molar-refractivity contribution in [3.8, 4) is 0 Å². The van der Waals surface area contributed by atoms with Crippen molar-refractivity contribution >= 4 is 5.91 Å². The third-order valence-electron chi connectivity index (χ3n) is 3.31. The molecule has 1 rings (SSSR count). The van der Waals surface area contributed by atoms with Crippen LogP contribution in [0.1, 0.15) is 32.1 Å². The van der Waals surface area contributed by atoms with Crippen molar-refractivity contribution in [2.75, 3.05) is 26.9 Å². The molecule has 0 bridgehead atoms. The molecule has 0 aromatic carbocycles. The zero-order chi connectivity index (χ0) is 12.7. The summed E-state index contributed by atoms with van der Waals surface area (Å²) in [7, 11) is 1.60. The summed E-state index contributed by atoms with van der Waals surface area (Å²) in [6.07, 6.45) is 4.49. The SMILES string of the molecule is COCCC(N)C(=O)N(CCCO)C1CCC1. The summed E-state index contributed by atoms with van der Waals surface area (Å²) in [6, 6.07) is -0.142. The Hall–Kier alpha value is -0.650. The fourth-order valence-corrected chi connectivity index (χ4v) is 1.99. The summed E-state index contributed by atoms with van der Waals surface area (Å²) in [4.78, 5) is 14.0. The van der Waals surface area contributed by atoms with Gasteiger partial charge in [-0.3, -0.25) is 4.79 Å². The molecule has 1 atom stereocenters. The number of nitrogens with zero attached hydrogens (tertiary/aromatic N) is 1. The van der Waals surface area contributed by atoms with Gasteiger partial charge in [0, 0.05) is 32.9 Å². The number of carbonyl (C=O) groups is 1. The summed E-state index contributed by atoms with van der Waals surface area (Å²) >= 11 is 0. The number of hydrogen-bond donors (Lipinski definition) is 2. The highest BCUT2D eigenvalue weighted by atomic mass is 16.5. The predicted molar refractivity (Wildman–Crippen MR) is 65.5 cm³/mol. The number of carbonyl (C=O) groups excluding carboxylic acids is 1. The number of aliphatic hydroxyl groups is 1. The highest BCUT2D eigenvalue weighted by Crippen LogP contribution is 2.25. The van der Waals surface area contributed by atoms with Crippen LogP contribution in [0.25, 0.3) is 0 Å². The lowest BCUT2D eigenvalue weighted by Gasteiger charge is -2.38. The molecular formula is C12H24N2O3. The molecule has 0 aromatic rings. The molecule has 5 heteroatoms. The van der Waals surface area contributed by atoms with Crippen LogP contribution < -0.4 is 5.73 Å². The molecule has 0 saturated heterocycles. The first-order chi connectivity index (χ1) is 8.20. The zero-order valence-corrected chi connectivity index (χ0v) is 10.6. The standard InChI is InChI=1S/C12H24N2O3/c1-17-9-6-11(13)12(16)14(7-3-8-15)10-4-2-5-10/h10-11,15H,2-9,13H2,1H3. The number of nitrogens with two attached hydrogens (primary N) is 1. The Morgan fingerprint density at radius 2 is 2.29 bits per heavy atom. The second kappa shape index (κ2) is 7.63. The van der Waals surface area contributed by atoms with Crippen LogP contribution in [0.5, 0.6) is 0 Å². The van der Waals surface area contributed by atoms with Crippen molar-refractivity contribution < 1.29 is 14.6 Å². The number of rotatable bonds is 8. The normalized spacial score (nSPS) is 17.6. The number of hydrogen-bond acceptors (Lipinski definition) is 4. The fourth-order valence-electron chi connectivity index (χ4n) is 1.99. The quantitative estimate of drug-likeness (QED) is 0.635. The van der Waals surface area contributed by atoms with Gasteiger partial charge in [-0.1, -0.05) is 0 Å². The van der Waals surface area contributed by atoms with E-state index in [1.807, 2.05) is 4.90 Å². The minimum Gasteiger partial charge on any atom is -0.396 e. The van der Waals surface area contributed by atoms with E-state index in [-0.39, 0.29) is 12.5 Å². The van der Waals surface area contributed by atoms with Gasteiger partial charge in [-0.2, -0.15) is 0 Å². The average Bonchev–Trinajstić information content (AvgIpc) is 2.27. The van der Waals surface area contributed by atoms with E-state index in [2.05, 4.69) is 0 Å². The highest BCUT2D eigenvalue weighted by molar-refractivity contribution is 5.82. The van der Waals surface area contributed by atoms with Crippen LogP contribution in [-0.2, 0) is 9.53 Å². The number of aliphatic hydroxyl groups excluding tert-OH is 1. The molecule has 5 nitrogen and oxygen atoms in total. The van der Waals surface area contributed by atoms with Gasteiger partial charge in [-0.25, -0.2) is 0 Å². The second-order valence-electron chi connectivity index (χ2n) is 4.58. The van der Waals surface area contributed by atoms with Crippen LogP contribution >= 0.6 is 0 Å². The van der Waals surface area contributed by atoms with Gasteiger partial charge in [-0.05, 0) is 32.1 Å². The van der Waals surface area contributed by atoms with E-state index in [4.69, 9.17) is 15.6 Å². The molecule has 0 spiro atoms. The van der Waals surface area contributed by atoms with Crippen molar-refractivity contribution in [1.29, 1.82) is 0 Å². The summed E-state index contributed by atoms with van der Waals surface area (Å²) < 4.78 is 4.93. The Morgan fingerprint density at radius 1 is 1.59 bits per heavy atom. The lowest BCUT2D eigenvalue weighted by molar-refractivity contribution is -0.137. The van der Waals surface area contributed by atoms with Crippen LogP contribution in [0.3, 0.4) is 0 Å². The van der Waals surface area contributed by atoms with E-state index in [0.29, 0.717) is 32.0 Å². The van der Waals surface area contributed by atoms with Gasteiger partial charge in [0.05, 0.1) is 6.04 Å². The van der Waals surface area contributed by atoms with Crippen molar-refractivity contribution in [1.82, 2.24) is 4.90 Å². The Morgan fingerprint density at radius 3 is 2.76 bits per heavy atom. The molecule has 0 radical (unpaired) electrons. The Labute approximate surface area is 103 Å². The molecule has 0 heterocycles. The molecular weight excluding hydrogens is 220 g/mol. The maximum atomic E-state index is 12.2. The average molecular weight is 244 g/mol. The fraction of sp³-hybridized carbons (Fsp3) is 0.917. The predicted octanol–water partition coefficient (Wildman–Crippen LogP) is 0.114. The van der Waals surface area contributed by atoms with Gasteiger partial charge in [0.15, 0.2) is 0 Å². The largest absolute Gasteiger partial charge is 0.396 e. The first-order valence-corrected chi connectivity index (χ1v) is 6.36. The van der Waals surface area contributed by atoms with Gasteiger partial charge < -0.3 is 20.5 Å². The molecule has 17 heavy (non-hydrogen) atoms. The molecule has 1 unspecified atom stereocenters. The monoisotopic (exact) mass is 244 g/mol. The van der Waals surface area contributed by atoms with Gasteiger partial charge in [0.25, 0.3) is 0 Å². The number of ether oxygens (including phenoxy) is 1. The van der Waals surface area contributed by atoms with Crippen LogP contribution in [-0.4, -0.2) is 54.9 Å². The third-order valence-corrected chi connectivity index (χ3v) is 3.31. The van der Waals surface area contributed by atoms with Crippen LogP contribution in [0.4, 0.5) is 0 Å². The van der Waals surface area contributed by atoms with Crippen LogP contribution in [0.2, 0.25) is 0 Å². The van der Waals surface area contributed by atoms with E-state index in [9.17, 15) is 4.79 Å². The minimum atomic E-state index is -0.478. The first kappa shape index (κ1) is 14.4. The summed E-state index contributed by atoms with van der Waals surface area (Å²) in [5, 5.41) is 8.86. The Bertz CT molecular complexity index is 232. The molecule has 1 aliphatic carbocycles. The van der Waals surface area contributed by atoms with E-state index in [0.717, 1.165) is 12.8 Å². The molecule has 0 aromatic heterocycles. The van der Waals surface area contributed by atoms with Crippen LogP contribution in [0.15, 0.2) is 0 Å². The zero-order valence-electron chi connectivity index (χ0n) is 10.6. The van der Waals surface area contributed by atoms with Crippen molar-refractivity contribution in [3.05, 3.63) is 0 Å². The maximum Gasteiger partial charge on any atom is 0.239 e. The van der Waals surface area contributed by atoms with Gasteiger partial charge >= 0.3 is 0 Å². The lowest BCUT2D eigenvalue weighted by Crippen LogP contribution is -2.51. The van der Waals surface area contributed by atoms with Gasteiger partial charge in [-0.15, -0.1) is 0 Å². The minimum absolute atomic E-state index is 0.000185. The topological polar surface area (TPSA) is 75.8 Å². The maximum absolute atomic E-state index is 12.2. The molecule has 1 aliphatic rings. The Kier molecular flexibility index (Phi) is 6.47. The van der Waals surface area contributed by atoms with E-state index >= 15 is 0 Å². The summed E-state index contributed by atoms with van der Waals surface area (Å²) in [5.41, 5.74) is 5.86. The van der Waals surface area contributed by atoms with Crippen molar-refractivity contribution in [3.63, 3.8) is 0 Å². The van der Waals surface area contributed by atoms with Crippen molar-refractivity contribution in [2.24, 2.45) is 5.73 Å². The smallest absolute Gasteiger partial charge is 0.239 e. The van der Waals surface area contributed by atoms with Crippen LogP contribution in [0, 0.1) is 0 Å². The molecule has 1 fully saturated rings. The second-order valence-corrected chi connectivity index (χ2v) is 4.58. The molecule has 1 saturated carbocycles. The third kappa shape index (κ3) is 4.26. The summed E-state index contributed by atoms with van der Waals surface area (Å²) in [6.45, 7) is 1.23. The number of methoxy groups -OCH3 is 1. The van der Waals surface area contributed by atoms with Crippen molar-refractivity contribution in [2.45, 2.75) is 44.2 Å². The number of amides is 1.